The Morgan fingerprint density at radius 3 is 2.59 bits per heavy atom. The molecule has 96 valence electrons. The topological polar surface area (TPSA) is 98.0 Å². The molecule has 8 heteroatoms. The van der Waals surface area contributed by atoms with Crippen molar-refractivity contribution in [3.05, 3.63) is 0 Å². The van der Waals surface area contributed by atoms with Gasteiger partial charge in [-0.2, -0.15) is 26.7 Å². The van der Waals surface area contributed by atoms with Crippen LogP contribution < -0.4 is 21.3 Å². The molecule has 1 aromatic rings. The number of hydrogen-bond acceptors (Lipinski definition) is 8. The lowest BCUT2D eigenvalue weighted by Crippen LogP contribution is -2.23. The number of ether oxygens (including phenoxy) is 1. The van der Waals surface area contributed by atoms with E-state index in [1.54, 1.807) is 11.8 Å². The first-order valence-corrected chi connectivity index (χ1v) is 6.65. The van der Waals surface area contributed by atoms with Gasteiger partial charge >= 0.3 is 6.01 Å². The van der Waals surface area contributed by atoms with E-state index in [1.165, 1.54) is 7.11 Å². The molecule has 0 saturated carbocycles. The van der Waals surface area contributed by atoms with E-state index >= 15 is 0 Å². The Labute approximate surface area is 105 Å². The lowest BCUT2D eigenvalue weighted by Gasteiger charge is -2.16. The molecule has 0 spiro atoms. The third-order valence-corrected chi connectivity index (χ3v) is 2.86. The fourth-order valence-corrected chi connectivity index (χ4v) is 1.94. The fraction of sp³-hybridized carbons (Fsp3) is 0.667. The molecule has 1 rings (SSSR count). The van der Waals surface area contributed by atoms with Crippen LogP contribution in [0.15, 0.2) is 0 Å². The quantitative estimate of drug-likeness (QED) is 0.486. The lowest BCUT2D eigenvalue weighted by molar-refractivity contribution is 0.379. The van der Waals surface area contributed by atoms with Crippen LogP contribution in [0.25, 0.3) is 0 Å². The highest BCUT2D eigenvalue weighted by Crippen LogP contribution is 2.13. The van der Waals surface area contributed by atoms with E-state index in [2.05, 4.69) is 38.9 Å². The number of aromatic nitrogens is 3. The second-order valence-electron chi connectivity index (χ2n) is 3.32. The number of hydrogen-bond donors (Lipinski definition) is 3. The summed E-state index contributed by atoms with van der Waals surface area (Å²) in [6, 6.07) is 0.539. The molecule has 0 aliphatic heterocycles. The predicted molar refractivity (Wildman–Crippen MR) is 70.3 cm³/mol. The molecule has 4 N–H and O–H groups in total. The van der Waals surface area contributed by atoms with E-state index in [0.717, 1.165) is 12.2 Å². The minimum Gasteiger partial charge on any atom is -0.467 e. The van der Waals surface area contributed by atoms with E-state index in [-0.39, 0.29) is 12.0 Å². The maximum Gasteiger partial charge on any atom is 0.322 e. The molecule has 0 fully saturated rings. The molecule has 1 unspecified atom stereocenters. The van der Waals surface area contributed by atoms with Crippen molar-refractivity contribution in [1.82, 2.24) is 15.0 Å². The van der Waals surface area contributed by atoms with Gasteiger partial charge in [-0.15, -0.1) is 0 Å². The molecule has 0 amide bonds. The van der Waals surface area contributed by atoms with E-state index in [0.29, 0.717) is 12.0 Å². The first-order valence-electron chi connectivity index (χ1n) is 5.25. The van der Waals surface area contributed by atoms with Crippen LogP contribution in [0.2, 0.25) is 0 Å². The molecule has 0 aromatic carbocycles. The van der Waals surface area contributed by atoms with Crippen molar-refractivity contribution in [3.8, 4) is 6.01 Å². The van der Waals surface area contributed by atoms with Crippen molar-refractivity contribution in [2.45, 2.75) is 19.4 Å². The Kier molecular flexibility index (Phi) is 5.78. The Hall–Kier alpha value is -1.28. The van der Waals surface area contributed by atoms with Crippen LogP contribution in [-0.4, -0.2) is 40.1 Å². The normalized spacial score (nSPS) is 12.0. The summed E-state index contributed by atoms with van der Waals surface area (Å²) in [5.41, 5.74) is 2.38. The molecule has 17 heavy (non-hydrogen) atoms. The molecule has 0 aliphatic rings. The number of methoxy groups -OCH3 is 1. The minimum atomic E-state index is 0.231. The number of anilines is 2. The van der Waals surface area contributed by atoms with Crippen molar-refractivity contribution in [2.24, 2.45) is 5.84 Å². The number of hydrazine groups is 1. The first-order chi connectivity index (χ1) is 8.23. The second-order valence-corrected chi connectivity index (χ2v) is 4.23. The summed E-state index contributed by atoms with van der Waals surface area (Å²) in [4.78, 5) is 12.1. The molecular weight excluding hydrogens is 240 g/mol. The number of nitrogens with one attached hydrogen (secondary N) is 2. The van der Waals surface area contributed by atoms with Gasteiger partial charge in [0.05, 0.1) is 7.11 Å². The van der Waals surface area contributed by atoms with Gasteiger partial charge in [0.25, 0.3) is 0 Å². The van der Waals surface area contributed by atoms with Crippen molar-refractivity contribution < 1.29 is 4.74 Å². The molecular formula is C9H18N6OS. The van der Waals surface area contributed by atoms with Gasteiger partial charge in [-0.1, -0.05) is 6.92 Å². The highest BCUT2D eigenvalue weighted by molar-refractivity contribution is 7.98. The summed E-state index contributed by atoms with van der Waals surface area (Å²) in [5, 5.41) is 3.22. The zero-order chi connectivity index (χ0) is 12.7. The van der Waals surface area contributed by atoms with Gasteiger partial charge in [0.2, 0.25) is 11.9 Å². The first kappa shape index (κ1) is 13.8. The smallest absolute Gasteiger partial charge is 0.322 e. The van der Waals surface area contributed by atoms with Gasteiger partial charge in [0.1, 0.15) is 0 Å². The molecule has 0 radical (unpaired) electrons. The zero-order valence-electron chi connectivity index (χ0n) is 10.2. The van der Waals surface area contributed by atoms with Crippen LogP contribution in [-0.2, 0) is 0 Å². The SMILES string of the molecule is CCC(CSC)Nc1nc(NN)nc(OC)n1. The van der Waals surface area contributed by atoms with E-state index in [4.69, 9.17) is 10.6 Å². The Bertz CT molecular complexity index is 328. The molecule has 0 aliphatic carbocycles. The third kappa shape index (κ3) is 4.23. The number of rotatable bonds is 7. The maximum atomic E-state index is 5.27. The van der Waals surface area contributed by atoms with Crippen LogP contribution in [0, 0.1) is 0 Å². The van der Waals surface area contributed by atoms with Crippen LogP contribution in [0.1, 0.15) is 13.3 Å². The van der Waals surface area contributed by atoms with E-state index < -0.39 is 0 Å². The zero-order valence-corrected chi connectivity index (χ0v) is 11.0. The maximum absolute atomic E-state index is 5.27. The summed E-state index contributed by atoms with van der Waals surface area (Å²) >= 11 is 1.77. The van der Waals surface area contributed by atoms with Crippen molar-refractivity contribution in [1.29, 1.82) is 0 Å². The molecule has 0 bridgehead atoms. The molecule has 0 saturated heterocycles. The highest BCUT2D eigenvalue weighted by Gasteiger charge is 2.10. The Balaban J connectivity index is 2.81. The lowest BCUT2D eigenvalue weighted by atomic mass is 10.3. The molecule has 1 heterocycles. The van der Waals surface area contributed by atoms with E-state index in [1.807, 2.05) is 0 Å². The Morgan fingerprint density at radius 1 is 1.35 bits per heavy atom. The molecule has 1 atom stereocenters. The summed E-state index contributed by atoms with van der Waals surface area (Å²) in [6.45, 7) is 2.11. The van der Waals surface area contributed by atoms with E-state index in [9.17, 15) is 0 Å². The van der Waals surface area contributed by atoms with Crippen molar-refractivity contribution >= 4 is 23.7 Å². The summed E-state index contributed by atoms with van der Waals surface area (Å²) < 4.78 is 4.97. The summed E-state index contributed by atoms with van der Waals surface area (Å²) in [5.74, 6) is 7.00. The molecule has 1 aromatic heterocycles. The van der Waals surface area contributed by atoms with Crippen molar-refractivity contribution in [3.63, 3.8) is 0 Å². The average molecular weight is 258 g/mol. The van der Waals surface area contributed by atoms with Gasteiger partial charge in [0.15, 0.2) is 0 Å². The van der Waals surface area contributed by atoms with Gasteiger partial charge in [-0.25, -0.2) is 5.84 Å². The number of nitrogens with two attached hydrogens (primary N) is 1. The van der Waals surface area contributed by atoms with Gasteiger partial charge in [-0.3, -0.25) is 5.43 Å². The van der Waals surface area contributed by atoms with Crippen molar-refractivity contribution in [2.75, 3.05) is 29.9 Å². The largest absolute Gasteiger partial charge is 0.467 e. The predicted octanol–water partition coefficient (Wildman–Crippen LogP) is 0.719. The van der Waals surface area contributed by atoms with Crippen LogP contribution in [0.3, 0.4) is 0 Å². The monoisotopic (exact) mass is 258 g/mol. The number of nitrogen functional groups attached to an aromatic ring is 1. The van der Waals surface area contributed by atoms with Crippen LogP contribution in [0.4, 0.5) is 11.9 Å². The summed E-state index contributed by atoms with van der Waals surface area (Å²) in [6.07, 6.45) is 3.05. The van der Waals surface area contributed by atoms with Gasteiger partial charge < -0.3 is 10.1 Å². The minimum absolute atomic E-state index is 0.231. The van der Waals surface area contributed by atoms with Crippen LogP contribution >= 0.6 is 11.8 Å². The standard InChI is InChI=1S/C9H18N6OS/c1-4-6(5-17-3)11-7-12-8(15-10)14-9(13-7)16-2/h6H,4-5,10H2,1-3H3,(H2,11,12,13,14,15). The number of thioether (sulfide) groups is 1. The average Bonchev–Trinajstić information content (AvgIpc) is 2.37. The summed E-state index contributed by atoms with van der Waals surface area (Å²) in [7, 11) is 1.50. The third-order valence-electron chi connectivity index (χ3n) is 2.12. The molecule has 7 nitrogen and oxygen atoms in total. The highest BCUT2D eigenvalue weighted by atomic mass is 32.2. The van der Waals surface area contributed by atoms with Gasteiger partial charge in [-0.05, 0) is 12.7 Å². The number of nitrogens with zero attached hydrogens (tertiary/aromatic N) is 3. The second kappa shape index (κ2) is 7.13. The van der Waals surface area contributed by atoms with Crippen LogP contribution in [0.5, 0.6) is 6.01 Å². The van der Waals surface area contributed by atoms with Gasteiger partial charge in [0, 0.05) is 11.8 Å². The fourth-order valence-electron chi connectivity index (χ4n) is 1.22. The Morgan fingerprint density at radius 2 is 2.06 bits per heavy atom.